The molecule has 0 unspecified atom stereocenters. The molecule has 9 aromatic rings. The van der Waals surface area contributed by atoms with Crippen molar-refractivity contribution < 1.29 is 0 Å². The van der Waals surface area contributed by atoms with Gasteiger partial charge in [-0.2, -0.15) is 0 Å². The highest BCUT2D eigenvalue weighted by molar-refractivity contribution is 6.14. The van der Waals surface area contributed by atoms with E-state index in [0.29, 0.717) is 5.82 Å². The summed E-state index contributed by atoms with van der Waals surface area (Å²) < 4.78 is 0. The fraction of sp³-hybridized carbons (Fsp3) is 0. The van der Waals surface area contributed by atoms with E-state index < -0.39 is 0 Å². The van der Waals surface area contributed by atoms with Gasteiger partial charge in [-0.05, 0) is 81.6 Å². The van der Waals surface area contributed by atoms with Crippen LogP contribution in [0, 0.1) is 0 Å². The summed E-state index contributed by atoms with van der Waals surface area (Å²) in [4.78, 5) is 24.1. The summed E-state index contributed by atoms with van der Waals surface area (Å²) in [7, 11) is 0. The molecule has 4 heterocycles. The first-order valence-electron chi connectivity index (χ1n) is 16.6. The molecule has 5 heteroatoms. The third-order valence-electron chi connectivity index (χ3n) is 9.00. The van der Waals surface area contributed by atoms with E-state index >= 15 is 0 Å². The number of benzene rings is 5. The Kier molecular flexibility index (Phi) is 7.41. The van der Waals surface area contributed by atoms with Gasteiger partial charge in [0.05, 0.1) is 34.0 Å². The van der Waals surface area contributed by atoms with E-state index in [1.54, 1.807) is 12.4 Å². The van der Waals surface area contributed by atoms with Gasteiger partial charge in [0.1, 0.15) is 0 Å². The molecule has 0 saturated carbocycles. The molecule has 5 nitrogen and oxygen atoms in total. The molecule has 234 valence electrons. The summed E-state index contributed by atoms with van der Waals surface area (Å²) in [5, 5.41) is 3.55. The number of hydrogen-bond acceptors (Lipinski definition) is 5. The van der Waals surface area contributed by atoms with Gasteiger partial charge in [0.15, 0.2) is 5.82 Å². The van der Waals surface area contributed by atoms with Crippen LogP contribution in [0.15, 0.2) is 176 Å². The van der Waals surface area contributed by atoms with Gasteiger partial charge in [-0.1, -0.05) is 115 Å². The zero-order valence-corrected chi connectivity index (χ0v) is 27.0. The van der Waals surface area contributed by atoms with Crippen molar-refractivity contribution in [2.75, 3.05) is 0 Å². The van der Waals surface area contributed by atoms with Crippen LogP contribution >= 0.6 is 0 Å². The molecule has 50 heavy (non-hydrogen) atoms. The molecule has 9 rings (SSSR count). The van der Waals surface area contributed by atoms with Crippen molar-refractivity contribution in [3.05, 3.63) is 176 Å². The molecular weight excluding hydrogens is 611 g/mol. The standard InChI is InChI=1S/C45H29N5/c1-2-12-32(13-3-1)41-28-37(44-36-16-5-4-11-31(36)23-24-40(44)48-41)35-15-10-14-34(27-35)30-19-21-33(22-20-30)45-49-42(38-17-6-8-25-46-38)29-43(50-45)39-18-7-9-26-47-39/h1-29H. The SMILES string of the molecule is c1ccc(-c2cc(-c3cccc(-c4ccc(-c5nc(-c6ccccn6)cc(-c6ccccn6)n5)cc4)c3)c3c(ccc4ccccc43)n2)cc1. The van der Waals surface area contributed by atoms with Crippen LogP contribution < -0.4 is 0 Å². The van der Waals surface area contributed by atoms with Crippen LogP contribution in [0.3, 0.4) is 0 Å². The van der Waals surface area contributed by atoms with Gasteiger partial charge in [-0.25, -0.2) is 15.0 Å². The Bertz CT molecular complexity index is 2560. The molecule has 5 aromatic carbocycles. The van der Waals surface area contributed by atoms with Crippen LogP contribution in [0.1, 0.15) is 0 Å². The smallest absolute Gasteiger partial charge is 0.160 e. The lowest BCUT2D eigenvalue weighted by atomic mass is 9.92. The van der Waals surface area contributed by atoms with Crippen molar-refractivity contribution in [1.29, 1.82) is 0 Å². The average molecular weight is 640 g/mol. The molecule has 0 bridgehead atoms. The molecule has 0 N–H and O–H groups in total. The highest BCUT2D eigenvalue weighted by Gasteiger charge is 2.15. The van der Waals surface area contributed by atoms with E-state index in [2.05, 4.69) is 125 Å². The van der Waals surface area contributed by atoms with Gasteiger partial charge in [-0.15, -0.1) is 0 Å². The Morgan fingerprint density at radius 2 is 0.980 bits per heavy atom. The third-order valence-corrected chi connectivity index (χ3v) is 9.00. The van der Waals surface area contributed by atoms with Crippen molar-refractivity contribution in [3.8, 4) is 67.7 Å². The third kappa shape index (κ3) is 5.57. The summed E-state index contributed by atoms with van der Waals surface area (Å²) in [5.74, 6) is 0.623. The number of nitrogens with zero attached hydrogens (tertiary/aromatic N) is 5. The fourth-order valence-electron chi connectivity index (χ4n) is 6.54. The largest absolute Gasteiger partial charge is 0.255 e. The van der Waals surface area contributed by atoms with E-state index in [1.165, 1.54) is 10.8 Å². The minimum Gasteiger partial charge on any atom is -0.255 e. The molecular formula is C45H29N5. The van der Waals surface area contributed by atoms with Crippen molar-refractivity contribution in [3.63, 3.8) is 0 Å². The van der Waals surface area contributed by atoms with Crippen molar-refractivity contribution in [2.24, 2.45) is 0 Å². The monoisotopic (exact) mass is 639 g/mol. The molecule has 0 spiro atoms. The van der Waals surface area contributed by atoms with Crippen LogP contribution in [-0.2, 0) is 0 Å². The van der Waals surface area contributed by atoms with Crippen LogP contribution in [-0.4, -0.2) is 24.9 Å². The second kappa shape index (κ2) is 12.6. The van der Waals surface area contributed by atoms with E-state index in [4.69, 9.17) is 15.0 Å². The lowest BCUT2D eigenvalue weighted by molar-refractivity contribution is 1.15. The zero-order valence-electron chi connectivity index (χ0n) is 27.0. The molecule has 0 aliphatic heterocycles. The number of hydrogen-bond donors (Lipinski definition) is 0. The van der Waals surface area contributed by atoms with Crippen molar-refractivity contribution in [2.45, 2.75) is 0 Å². The normalized spacial score (nSPS) is 11.2. The Hall–Kier alpha value is -6.85. The molecule has 4 aromatic heterocycles. The lowest BCUT2D eigenvalue weighted by Gasteiger charge is -2.14. The summed E-state index contributed by atoms with van der Waals surface area (Å²) in [6, 6.07) is 56.3. The van der Waals surface area contributed by atoms with Gasteiger partial charge >= 0.3 is 0 Å². The Morgan fingerprint density at radius 1 is 0.340 bits per heavy atom. The maximum absolute atomic E-state index is 5.13. The molecule has 0 aliphatic carbocycles. The van der Waals surface area contributed by atoms with E-state index in [0.717, 1.165) is 72.8 Å². The van der Waals surface area contributed by atoms with Crippen LogP contribution in [0.25, 0.3) is 89.4 Å². The molecule has 0 atom stereocenters. The van der Waals surface area contributed by atoms with E-state index in [9.17, 15) is 0 Å². The Labute approximate surface area is 289 Å². The van der Waals surface area contributed by atoms with Crippen molar-refractivity contribution in [1.82, 2.24) is 24.9 Å². The highest BCUT2D eigenvalue weighted by atomic mass is 14.9. The number of aromatic nitrogens is 5. The second-order valence-electron chi connectivity index (χ2n) is 12.2. The van der Waals surface area contributed by atoms with Crippen molar-refractivity contribution >= 4 is 21.7 Å². The number of pyridine rings is 3. The molecule has 0 fully saturated rings. The maximum atomic E-state index is 5.13. The minimum atomic E-state index is 0.623. The van der Waals surface area contributed by atoms with Gasteiger partial charge in [0, 0.05) is 28.9 Å². The maximum Gasteiger partial charge on any atom is 0.160 e. The Balaban J connectivity index is 1.13. The predicted molar refractivity (Wildman–Crippen MR) is 203 cm³/mol. The lowest BCUT2D eigenvalue weighted by Crippen LogP contribution is -1.97. The summed E-state index contributed by atoms with van der Waals surface area (Å²) in [6.45, 7) is 0. The molecule has 0 amide bonds. The summed E-state index contributed by atoms with van der Waals surface area (Å²) in [6.07, 6.45) is 3.56. The first kappa shape index (κ1) is 29.3. The zero-order chi connectivity index (χ0) is 33.3. The summed E-state index contributed by atoms with van der Waals surface area (Å²) >= 11 is 0. The minimum absolute atomic E-state index is 0.623. The molecule has 0 radical (unpaired) electrons. The predicted octanol–water partition coefficient (Wildman–Crippen LogP) is 11.0. The summed E-state index contributed by atoms with van der Waals surface area (Å²) in [5.41, 5.74) is 11.5. The molecule has 0 aliphatic rings. The first-order valence-corrected chi connectivity index (χ1v) is 16.6. The Morgan fingerprint density at radius 3 is 1.70 bits per heavy atom. The van der Waals surface area contributed by atoms with Gasteiger partial charge in [0.25, 0.3) is 0 Å². The highest BCUT2D eigenvalue weighted by Crippen LogP contribution is 2.38. The van der Waals surface area contributed by atoms with Crippen LogP contribution in [0.2, 0.25) is 0 Å². The van der Waals surface area contributed by atoms with E-state index in [1.807, 2.05) is 48.5 Å². The van der Waals surface area contributed by atoms with Gasteiger partial charge in [0.2, 0.25) is 0 Å². The van der Waals surface area contributed by atoms with Crippen LogP contribution in [0.4, 0.5) is 0 Å². The topological polar surface area (TPSA) is 64.5 Å². The average Bonchev–Trinajstić information content (AvgIpc) is 3.21. The van der Waals surface area contributed by atoms with Gasteiger partial charge in [-0.3, -0.25) is 9.97 Å². The number of rotatable bonds is 6. The van der Waals surface area contributed by atoms with Crippen LogP contribution in [0.5, 0.6) is 0 Å². The molecule has 0 saturated heterocycles. The number of fused-ring (bicyclic) bond motifs is 3. The fourth-order valence-corrected chi connectivity index (χ4v) is 6.54. The van der Waals surface area contributed by atoms with Gasteiger partial charge < -0.3 is 0 Å². The first-order chi connectivity index (χ1) is 24.8. The second-order valence-corrected chi connectivity index (χ2v) is 12.2. The quantitative estimate of drug-likeness (QED) is 0.169. The van der Waals surface area contributed by atoms with E-state index in [-0.39, 0.29) is 0 Å².